The predicted molar refractivity (Wildman–Crippen MR) is 70.0 cm³/mol. The molecule has 3 nitrogen and oxygen atoms in total. The van der Waals surface area contributed by atoms with E-state index in [4.69, 9.17) is 9.47 Å². The fourth-order valence-electron chi connectivity index (χ4n) is 1.32. The molecule has 4 heteroatoms. The standard InChI is InChI=1S/C13H20O3S/c1-3-7-15-8-9-16-10-12(14)13-6-5-11(4-2)17-13/h5-6H,3-4,7-10H2,1-2H3. The molecule has 17 heavy (non-hydrogen) atoms. The summed E-state index contributed by atoms with van der Waals surface area (Å²) in [5.74, 6) is 0.0604. The molecule has 0 spiro atoms. The highest BCUT2D eigenvalue weighted by atomic mass is 32.1. The molecular formula is C13H20O3S. The molecule has 0 aliphatic heterocycles. The van der Waals surface area contributed by atoms with E-state index in [1.807, 2.05) is 12.1 Å². The van der Waals surface area contributed by atoms with E-state index < -0.39 is 0 Å². The Kier molecular flexibility index (Phi) is 7.08. The molecule has 0 saturated carbocycles. The van der Waals surface area contributed by atoms with E-state index >= 15 is 0 Å². The molecule has 0 N–H and O–H groups in total. The largest absolute Gasteiger partial charge is 0.379 e. The van der Waals surface area contributed by atoms with E-state index in [0.29, 0.717) is 13.2 Å². The topological polar surface area (TPSA) is 35.5 Å². The van der Waals surface area contributed by atoms with E-state index in [2.05, 4.69) is 13.8 Å². The van der Waals surface area contributed by atoms with E-state index in [0.717, 1.165) is 24.3 Å². The molecule has 1 aromatic heterocycles. The normalized spacial score (nSPS) is 10.7. The maximum Gasteiger partial charge on any atom is 0.198 e. The smallest absolute Gasteiger partial charge is 0.198 e. The van der Waals surface area contributed by atoms with E-state index in [9.17, 15) is 4.79 Å². The molecule has 0 saturated heterocycles. The van der Waals surface area contributed by atoms with Gasteiger partial charge in [-0.2, -0.15) is 0 Å². The van der Waals surface area contributed by atoms with Crippen LogP contribution in [0.4, 0.5) is 0 Å². The first kappa shape index (κ1) is 14.4. The van der Waals surface area contributed by atoms with Gasteiger partial charge < -0.3 is 9.47 Å². The lowest BCUT2D eigenvalue weighted by Gasteiger charge is -2.03. The summed E-state index contributed by atoms with van der Waals surface area (Å²) in [5.41, 5.74) is 0. The van der Waals surface area contributed by atoms with Crippen LogP contribution in [-0.2, 0) is 15.9 Å². The molecule has 0 bridgehead atoms. The van der Waals surface area contributed by atoms with Crippen LogP contribution in [0.5, 0.6) is 0 Å². The minimum Gasteiger partial charge on any atom is -0.379 e. The second kappa shape index (κ2) is 8.39. The summed E-state index contributed by atoms with van der Waals surface area (Å²) < 4.78 is 10.5. The molecule has 96 valence electrons. The SMILES string of the molecule is CCCOCCOCC(=O)c1ccc(CC)s1. The number of aryl methyl sites for hydroxylation is 1. The molecule has 1 aromatic rings. The van der Waals surface area contributed by atoms with Gasteiger partial charge in [-0.1, -0.05) is 13.8 Å². The third-order valence-corrected chi connectivity index (χ3v) is 3.51. The lowest BCUT2D eigenvalue weighted by atomic mass is 10.3. The van der Waals surface area contributed by atoms with Crippen molar-refractivity contribution >= 4 is 17.1 Å². The maximum absolute atomic E-state index is 11.7. The highest BCUT2D eigenvalue weighted by molar-refractivity contribution is 7.14. The molecule has 1 rings (SSSR count). The molecule has 0 aliphatic carbocycles. The van der Waals surface area contributed by atoms with Gasteiger partial charge in [0.25, 0.3) is 0 Å². The first-order chi connectivity index (χ1) is 8.27. The van der Waals surface area contributed by atoms with Crippen LogP contribution in [0.1, 0.15) is 34.8 Å². The second-order valence-electron chi connectivity index (χ2n) is 3.71. The van der Waals surface area contributed by atoms with Crippen LogP contribution in [0.25, 0.3) is 0 Å². The van der Waals surface area contributed by atoms with E-state index in [-0.39, 0.29) is 12.4 Å². The number of Topliss-reactive ketones (excluding diaryl/α,β-unsaturated/α-hetero) is 1. The van der Waals surface area contributed by atoms with Gasteiger partial charge in [0.05, 0.1) is 18.1 Å². The van der Waals surface area contributed by atoms with Gasteiger partial charge in [0, 0.05) is 11.5 Å². The fraction of sp³-hybridized carbons (Fsp3) is 0.615. The van der Waals surface area contributed by atoms with Gasteiger partial charge >= 0.3 is 0 Å². The van der Waals surface area contributed by atoms with Crippen molar-refractivity contribution in [1.82, 2.24) is 0 Å². The molecule has 0 aliphatic rings. The number of thiophene rings is 1. The van der Waals surface area contributed by atoms with Gasteiger partial charge in [-0.15, -0.1) is 11.3 Å². The van der Waals surface area contributed by atoms with Crippen LogP contribution in [0.3, 0.4) is 0 Å². The Labute approximate surface area is 107 Å². The summed E-state index contributed by atoms with van der Waals surface area (Å²) in [5, 5.41) is 0. The Hall–Kier alpha value is -0.710. The van der Waals surface area contributed by atoms with Crippen molar-refractivity contribution in [2.75, 3.05) is 26.4 Å². The summed E-state index contributed by atoms with van der Waals surface area (Å²) in [6.45, 7) is 6.10. The molecule has 0 aromatic carbocycles. The fourth-order valence-corrected chi connectivity index (χ4v) is 2.19. The van der Waals surface area contributed by atoms with Crippen molar-refractivity contribution in [2.45, 2.75) is 26.7 Å². The van der Waals surface area contributed by atoms with E-state index in [1.165, 1.54) is 4.88 Å². The minimum atomic E-state index is 0.0604. The van der Waals surface area contributed by atoms with Gasteiger partial charge in [0.2, 0.25) is 0 Å². The lowest BCUT2D eigenvalue weighted by molar-refractivity contribution is 0.0443. The summed E-state index contributed by atoms with van der Waals surface area (Å²) >= 11 is 1.55. The lowest BCUT2D eigenvalue weighted by Crippen LogP contribution is -2.11. The number of ketones is 1. The van der Waals surface area contributed by atoms with Crippen molar-refractivity contribution in [1.29, 1.82) is 0 Å². The van der Waals surface area contributed by atoms with Gasteiger partial charge in [0.15, 0.2) is 5.78 Å². The number of hydrogen-bond acceptors (Lipinski definition) is 4. The summed E-state index contributed by atoms with van der Waals surface area (Å²) in [6, 6.07) is 3.88. The van der Waals surface area contributed by atoms with Crippen LogP contribution in [0.2, 0.25) is 0 Å². The van der Waals surface area contributed by atoms with Crippen molar-refractivity contribution < 1.29 is 14.3 Å². The zero-order chi connectivity index (χ0) is 12.5. The van der Waals surface area contributed by atoms with Crippen molar-refractivity contribution in [3.05, 3.63) is 21.9 Å². The van der Waals surface area contributed by atoms with Gasteiger partial charge in [-0.05, 0) is 25.0 Å². The zero-order valence-electron chi connectivity index (χ0n) is 10.5. The van der Waals surface area contributed by atoms with Crippen LogP contribution in [-0.4, -0.2) is 32.2 Å². The second-order valence-corrected chi connectivity index (χ2v) is 4.88. The minimum absolute atomic E-state index is 0.0604. The van der Waals surface area contributed by atoms with Crippen LogP contribution in [0.15, 0.2) is 12.1 Å². The van der Waals surface area contributed by atoms with Crippen LogP contribution >= 0.6 is 11.3 Å². The molecule has 0 fully saturated rings. The highest BCUT2D eigenvalue weighted by Gasteiger charge is 2.08. The number of rotatable bonds is 9. The van der Waals surface area contributed by atoms with Crippen molar-refractivity contribution in [3.8, 4) is 0 Å². The third kappa shape index (κ3) is 5.44. The van der Waals surface area contributed by atoms with Gasteiger partial charge in [-0.3, -0.25) is 4.79 Å². The van der Waals surface area contributed by atoms with Crippen LogP contribution < -0.4 is 0 Å². The maximum atomic E-state index is 11.7. The average Bonchev–Trinajstić information content (AvgIpc) is 2.82. The molecule has 0 radical (unpaired) electrons. The highest BCUT2D eigenvalue weighted by Crippen LogP contribution is 2.17. The zero-order valence-corrected chi connectivity index (χ0v) is 11.3. The van der Waals surface area contributed by atoms with Crippen molar-refractivity contribution in [3.63, 3.8) is 0 Å². The summed E-state index contributed by atoms with van der Waals surface area (Å²) in [4.78, 5) is 13.7. The molecule has 0 amide bonds. The summed E-state index contributed by atoms with van der Waals surface area (Å²) in [6.07, 6.45) is 1.98. The average molecular weight is 256 g/mol. The molecule has 0 atom stereocenters. The Morgan fingerprint density at radius 1 is 1.18 bits per heavy atom. The molecule has 1 heterocycles. The van der Waals surface area contributed by atoms with Gasteiger partial charge in [-0.25, -0.2) is 0 Å². The molecular weight excluding hydrogens is 236 g/mol. The number of carbonyl (C=O) groups is 1. The number of carbonyl (C=O) groups excluding carboxylic acids is 1. The Morgan fingerprint density at radius 2 is 1.94 bits per heavy atom. The molecule has 0 unspecified atom stereocenters. The Balaban J connectivity index is 2.16. The van der Waals surface area contributed by atoms with Crippen LogP contribution in [0, 0.1) is 0 Å². The Morgan fingerprint density at radius 3 is 2.59 bits per heavy atom. The van der Waals surface area contributed by atoms with E-state index in [1.54, 1.807) is 11.3 Å². The Bertz CT molecular complexity index is 333. The third-order valence-electron chi connectivity index (χ3n) is 2.24. The first-order valence-corrected chi connectivity index (χ1v) is 6.87. The summed E-state index contributed by atoms with van der Waals surface area (Å²) in [7, 11) is 0. The van der Waals surface area contributed by atoms with Gasteiger partial charge in [0.1, 0.15) is 6.61 Å². The van der Waals surface area contributed by atoms with Crippen molar-refractivity contribution in [2.24, 2.45) is 0 Å². The first-order valence-electron chi connectivity index (χ1n) is 6.05. The predicted octanol–water partition coefficient (Wildman–Crippen LogP) is 2.94. The number of ether oxygens (including phenoxy) is 2. The quantitative estimate of drug-likeness (QED) is 0.503. The number of hydrogen-bond donors (Lipinski definition) is 0. The monoisotopic (exact) mass is 256 g/mol.